The summed E-state index contributed by atoms with van der Waals surface area (Å²) >= 11 is 1.81. The van der Waals surface area contributed by atoms with Crippen LogP contribution in [0.3, 0.4) is 0 Å². The first-order chi connectivity index (χ1) is 23.3. The summed E-state index contributed by atoms with van der Waals surface area (Å²) < 4.78 is 22.0. The van der Waals surface area contributed by atoms with Gasteiger partial charge in [0, 0.05) is 47.8 Å². The summed E-state index contributed by atoms with van der Waals surface area (Å²) in [7, 11) is 0. The molecule has 4 aromatic heterocycles. The van der Waals surface area contributed by atoms with E-state index in [0.29, 0.717) is 0 Å². The van der Waals surface area contributed by atoms with Crippen molar-refractivity contribution < 1.29 is 13.3 Å². The number of anilines is 3. The van der Waals surface area contributed by atoms with Gasteiger partial charge in [0.1, 0.15) is 22.3 Å². The van der Waals surface area contributed by atoms with Gasteiger partial charge in [0.05, 0.1) is 21.8 Å². The molecule has 0 unspecified atom stereocenters. The summed E-state index contributed by atoms with van der Waals surface area (Å²) in [5.41, 5.74) is 8.19. The molecule has 0 fully saturated rings. The van der Waals surface area contributed by atoms with Crippen LogP contribution in [0.5, 0.6) is 0 Å². The maximum atomic E-state index is 6.66. The van der Waals surface area contributed by atoms with E-state index in [1.807, 2.05) is 47.7 Å². The minimum atomic E-state index is 0.836. The van der Waals surface area contributed by atoms with Gasteiger partial charge < -0.3 is 18.2 Å². The van der Waals surface area contributed by atoms with E-state index in [0.717, 1.165) is 82.9 Å². The third kappa shape index (κ3) is 3.41. The predicted molar refractivity (Wildman–Crippen MR) is 196 cm³/mol. The summed E-state index contributed by atoms with van der Waals surface area (Å²) in [5, 5.41) is 9.07. The highest BCUT2D eigenvalue weighted by molar-refractivity contribution is 7.27. The highest BCUT2D eigenvalue weighted by Gasteiger charge is 2.26. The maximum absolute atomic E-state index is 6.66. The van der Waals surface area contributed by atoms with E-state index in [9.17, 15) is 0 Å². The molecular formula is C42H23NO3S. The number of hydrogen-bond donors (Lipinski definition) is 0. The van der Waals surface area contributed by atoms with Crippen molar-refractivity contribution in [3.05, 3.63) is 140 Å². The Morgan fingerprint density at radius 2 is 0.830 bits per heavy atom. The van der Waals surface area contributed by atoms with Gasteiger partial charge in [-0.15, -0.1) is 11.3 Å². The van der Waals surface area contributed by atoms with Crippen molar-refractivity contribution in [2.24, 2.45) is 0 Å². The predicted octanol–water partition coefficient (Wildman–Crippen LogP) is 13.2. The molecule has 11 rings (SSSR count). The van der Waals surface area contributed by atoms with Crippen LogP contribution in [-0.2, 0) is 0 Å². The van der Waals surface area contributed by atoms with E-state index in [2.05, 4.69) is 108 Å². The van der Waals surface area contributed by atoms with Crippen LogP contribution in [0.2, 0.25) is 0 Å². The fraction of sp³-hybridized carbons (Fsp3) is 0. The molecule has 4 heterocycles. The Balaban J connectivity index is 1.28. The minimum Gasteiger partial charge on any atom is -0.456 e. The molecule has 0 bridgehead atoms. The SMILES string of the molecule is c1ccc2c(c1)oc1c(N(c3cccc4c3oc3ccccc34)c3cccc4c3sc3c4ccc4oc5ccccc5c43)cccc12. The minimum absolute atomic E-state index is 0.836. The van der Waals surface area contributed by atoms with E-state index in [1.165, 1.54) is 20.2 Å². The smallest absolute Gasteiger partial charge is 0.159 e. The van der Waals surface area contributed by atoms with Crippen molar-refractivity contribution in [1.29, 1.82) is 0 Å². The molecule has 0 spiro atoms. The third-order valence-electron chi connectivity index (χ3n) is 9.47. The Bertz CT molecular complexity index is 2930. The average molecular weight is 622 g/mol. The third-order valence-corrected chi connectivity index (χ3v) is 10.7. The molecule has 0 N–H and O–H groups in total. The van der Waals surface area contributed by atoms with Crippen molar-refractivity contribution in [3.63, 3.8) is 0 Å². The van der Waals surface area contributed by atoms with E-state index in [4.69, 9.17) is 13.3 Å². The summed E-state index contributed by atoms with van der Waals surface area (Å²) in [6.45, 7) is 0. The lowest BCUT2D eigenvalue weighted by molar-refractivity contribution is 0.666. The molecule has 0 aliphatic heterocycles. The molecule has 0 radical (unpaired) electrons. The van der Waals surface area contributed by atoms with E-state index in [1.54, 1.807) is 0 Å². The normalized spacial score (nSPS) is 12.3. The van der Waals surface area contributed by atoms with Crippen LogP contribution in [0.1, 0.15) is 0 Å². The Hall–Kier alpha value is -6.04. The first-order valence-corrected chi connectivity index (χ1v) is 16.5. The molecule has 0 amide bonds. The van der Waals surface area contributed by atoms with Crippen molar-refractivity contribution >= 4 is 114 Å². The number of benzene rings is 7. The van der Waals surface area contributed by atoms with Gasteiger partial charge in [-0.25, -0.2) is 0 Å². The second-order valence-corrected chi connectivity index (χ2v) is 13.0. The summed E-state index contributed by atoms with van der Waals surface area (Å²) in [6, 6.07) is 48.6. The molecule has 5 heteroatoms. The van der Waals surface area contributed by atoms with Crippen molar-refractivity contribution in [2.75, 3.05) is 4.90 Å². The first kappa shape index (κ1) is 25.2. The number of thiophene rings is 1. The number of nitrogens with zero attached hydrogens (tertiary/aromatic N) is 1. The largest absolute Gasteiger partial charge is 0.456 e. The topological polar surface area (TPSA) is 42.7 Å². The number of hydrogen-bond acceptors (Lipinski definition) is 5. The van der Waals surface area contributed by atoms with Gasteiger partial charge in [-0.3, -0.25) is 0 Å². The van der Waals surface area contributed by atoms with Gasteiger partial charge >= 0.3 is 0 Å². The summed E-state index contributed by atoms with van der Waals surface area (Å²) in [6.07, 6.45) is 0. The highest BCUT2D eigenvalue weighted by Crippen LogP contribution is 2.51. The molecular weight excluding hydrogens is 599 g/mol. The van der Waals surface area contributed by atoms with Gasteiger partial charge in [0.25, 0.3) is 0 Å². The maximum Gasteiger partial charge on any atom is 0.159 e. The zero-order valence-electron chi connectivity index (χ0n) is 24.9. The molecule has 11 aromatic rings. The second kappa shape index (κ2) is 9.25. The van der Waals surface area contributed by atoms with Crippen molar-refractivity contribution in [3.8, 4) is 0 Å². The fourth-order valence-electron chi connectivity index (χ4n) is 7.43. The van der Waals surface area contributed by atoms with Crippen LogP contribution in [-0.4, -0.2) is 0 Å². The molecule has 7 aromatic carbocycles. The molecule has 47 heavy (non-hydrogen) atoms. The van der Waals surface area contributed by atoms with Crippen LogP contribution >= 0.6 is 11.3 Å². The van der Waals surface area contributed by atoms with E-state index < -0.39 is 0 Å². The lowest BCUT2D eigenvalue weighted by Crippen LogP contribution is -2.10. The highest BCUT2D eigenvalue weighted by atomic mass is 32.1. The quantitative estimate of drug-likeness (QED) is 0.197. The lowest BCUT2D eigenvalue weighted by Gasteiger charge is -2.26. The Morgan fingerprint density at radius 1 is 0.340 bits per heavy atom. The molecule has 0 saturated heterocycles. The Kier molecular flexibility index (Phi) is 4.96. The Labute approximate surface area is 271 Å². The molecule has 0 aliphatic carbocycles. The molecule has 0 atom stereocenters. The molecule has 4 nitrogen and oxygen atoms in total. The molecule has 0 saturated carbocycles. The zero-order chi connectivity index (χ0) is 30.6. The molecule has 0 aliphatic rings. The van der Waals surface area contributed by atoms with E-state index in [-0.39, 0.29) is 0 Å². The number of fused-ring (bicyclic) bond motifs is 13. The molecule has 220 valence electrons. The van der Waals surface area contributed by atoms with Gasteiger partial charge in [-0.1, -0.05) is 91.0 Å². The van der Waals surface area contributed by atoms with Crippen molar-refractivity contribution in [2.45, 2.75) is 0 Å². The van der Waals surface area contributed by atoms with E-state index >= 15 is 0 Å². The summed E-state index contributed by atoms with van der Waals surface area (Å²) in [5.74, 6) is 0. The van der Waals surface area contributed by atoms with Crippen LogP contribution < -0.4 is 4.90 Å². The second-order valence-electron chi connectivity index (χ2n) is 12.0. The van der Waals surface area contributed by atoms with Crippen LogP contribution in [0.25, 0.3) is 86.0 Å². The zero-order valence-corrected chi connectivity index (χ0v) is 25.7. The van der Waals surface area contributed by atoms with Crippen LogP contribution in [0.4, 0.5) is 17.1 Å². The van der Waals surface area contributed by atoms with Gasteiger partial charge in [0.15, 0.2) is 11.2 Å². The Morgan fingerprint density at radius 3 is 1.47 bits per heavy atom. The fourth-order valence-corrected chi connectivity index (χ4v) is 8.79. The average Bonchev–Trinajstić information content (AvgIpc) is 3.88. The first-order valence-electron chi connectivity index (χ1n) is 15.7. The summed E-state index contributed by atoms with van der Waals surface area (Å²) in [4.78, 5) is 2.33. The number of rotatable bonds is 3. The van der Waals surface area contributed by atoms with Crippen LogP contribution in [0, 0.1) is 0 Å². The lowest BCUT2D eigenvalue weighted by atomic mass is 10.1. The number of furan rings is 3. The number of para-hydroxylation sites is 5. The van der Waals surface area contributed by atoms with Gasteiger partial charge in [-0.2, -0.15) is 0 Å². The van der Waals surface area contributed by atoms with Crippen LogP contribution in [0.15, 0.2) is 153 Å². The standard InChI is InChI=1S/C42H23NO3S/c1-4-19-34-24(10-1)26-13-7-16-31(39(26)45-34)43(32-17-8-14-27-25-11-2-5-20-35(25)46-40(27)32)33-18-9-15-28-29-22-23-37-38(42(29)47-41(28)33)30-12-3-6-21-36(30)44-37/h1-23H. The monoisotopic (exact) mass is 621 g/mol. The van der Waals surface area contributed by atoms with Crippen molar-refractivity contribution in [1.82, 2.24) is 0 Å². The van der Waals surface area contributed by atoms with Gasteiger partial charge in [-0.05, 0) is 48.5 Å². The van der Waals surface area contributed by atoms with Gasteiger partial charge in [0.2, 0.25) is 0 Å².